The van der Waals surface area contributed by atoms with Crippen molar-refractivity contribution in [3.63, 3.8) is 0 Å². The Kier molecular flexibility index (Phi) is 11.6. The minimum Gasteiger partial charge on any atom is -0.242 e. The molecule has 1 rings (SSSR count). The highest BCUT2D eigenvalue weighted by Gasteiger charge is 2.51. The summed E-state index contributed by atoms with van der Waals surface area (Å²) in [5.41, 5.74) is 7.45. The average molecular weight is 525 g/mol. The van der Waals surface area contributed by atoms with Crippen LogP contribution in [0, 0.1) is 22.7 Å². The molecule has 1 aliphatic carbocycles. The Bertz CT molecular complexity index is 845. The largest absolute Gasteiger partial charge is 0.242 e. The van der Waals surface area contributed by atoms with Gasteiger partial charge in [0.15, 0.2) is 0 Å². The van der Waals surface area contributed by atoms with Crippen molar-refractivity contribution in [2.75, 3.05) is 18.8 Å². The number of allylic oxidation sites excluding steroid dienone is 4. The lowest BCUT2D eigenvalue weighted by molar-refractivity contribution is 0.284. The van der Waals surface area contributed by atoms with Crippen molar-refractivity contribution >= 4 is 25.6 Å². The average Bonchev–Trinajstić information content (AvgIpc) is 2.76. The highest BCUT2D eigenvalue weighted by Crippen LogP contribution is 2.65. The molecule has 0 aliphatic heterocycles. The minimum atomic E-state index is -1.87. The van der Waals surface area contributed by atoms with Crippen molar-refractivity contribution in [3.8, 4) is 0 Å². The van der Waals surface area contributed by atoms with E-state index in [4.69, 9.17) is 12.6 Å². The summed E-state index contributed by atoms with van der Waals surface area (Å²) in [6.07, 6.45) is 18.7. The number of rotatable bonds is 13. The van der Waals surface area contributed by atoms with Crippen molar-refractivity contribution < 1.29 is 0 Å². The van der Waals surface area contributed by atoms with Crippen molar-refractivity contribution in [2.24, 2.45) is 22.7 Å². The van der Waals surface area contributed by atoms with Gasteiger partial charge in [-0.15, -0.1) is 12.6 Å². The third kappa shape index (κ3) is 6.55. The molecule has 0 aromatic rings. The molecule has 0 amide bonds. The second-order valence-electron chi connectivity index (χ2n) is 14.0. The summed E-state index contributed by atoms with van der Waals surface area (Å²) >= 11 is 5.70. The third-order valence-corrected chi connectivity index (χ3v) is 17.0. The summed E-state index contributed by atoms with van der Waals surface area (Å²) in [5, 5.41) is 0.620. The first-order valence-corrected chi connectivity index (χ1v) is 18.6. The van der Waals surface area contributed by atoms with Crippen LogP contribution in [0.25, 0.3) is 0 Å². The highest BCUT2D eigenvalue weighted by molar-refractivity contribution is 8.52. The first-order valence-electron chi connectivity index (χ1n) is 14.9. The Morgan fingerprint density at radius 2 is 1.51 bits per heavy atom. The van der Waals surface area contributed by atoms with E-state index in [0.29, 0.717) is 22.5 Å². The lowest BCUT2D eigenvalue weighted by atomic mass is 9.56. The third-order valence-electron chi connectivity index (χ3n) is 9.63. The topological polar surface area (TPSA) is 0 Å². The minimum absolute atomic E-state index is 0.0718. The van der Waals surface area contributed by atoms with Gasteiger partial charge in [-0.05, 0) is 90.9 Å². The second-order valence-corrected chi connectivity index (χ2v) is 21.5. The smallest absolute Gasteiger partial charge is 0.0326 e. The Morgan fingerprint density at radius 3 is 1.89 bits per heavy atom. The van der Waals surface area contributed by atoms with Crippen LogP contribution in [-0.4, -0.2) is 28.2 Å². The molecular formula is C33H64S2. The second kappa shape index (κ2) is 12.3. The van der Waals surface area contributed by atoms with E-state index >= 15 is 0 Å². The summed E-state index contributed by atoms with van der Waals surface area (Å²) in [6.45, 7) is 26.8. The van der Waals surface area contributed by atoms with Crippen molar-refractivity contribution in [3.05, 3.63) is 22.3 Å². The van der Waals surface area contributed by atoms with E-state index in [1.165, 1.54) is 51.4 Å². The summed E-state index contributed by atoms with van der Waals surface area (Å²) in [5.74, 6) is 1.28. The van der Waals surface area contributed by atoms with E-state index in [1.807, 2.05) is 5.57 Å². The molecule has 0 heterocycles. The van der Waals surface area contributed by atoms with Crippen LogP contribution in [0.15, 0.2) is 22.3 Å². The van der Waals surface area contributed by atoms with E-state index in [2.05, 4.69) is 94.9 Å². The molecule has 0 bridgehead atoms. The van der Waals surface area contributed by atoms with Crippen LogP contribution in [0.2, 0.25) is 0 Å². The maximum atomic E-state index is 5.70. The van der Waals surface area contributed by atoms with Gasteiger partial charge in [0.2, 0.25) is 0 Å². The van der Waals surface area contributed by atoms with E-state index < -0.39 is 8.75 Å². The number of hydrogen-bond donors (Lipinski definition) is 1. The lowest BCUT2D eigenvalue weighted by Gasteiger charge is -2.57. The first kappa shape index (κ1) is 33.1. The van der Waals surface area contributed by atoms with E-state index in [0.717, 1.165) is 6.42 Å². The van der Waals surface area contributed by atoms with Gasteiger partial charge in [0, 0.05) is 9.61 Å². The predicted octanol–water partition coefficient (Wildman–Crippen LogP) is 11.2. The Hall–Kier alpha value is 0.0500. The zero-order chi connectivity index (χ0) is 27.4. The molecule has 208 valence electrons. The molecule has 0 radical (unpaired) electrons. The SMILES string of the molecule is CCCC1=C(CC(C)C)C(CC(C)(C)CC)=C(CC)C(CC)(C(S)=S(C)(C)(C)C(C)C)C1CCC. The van der Waals surface area contributed by atoms with Gasteiger partial charge in [-0.3, -0.25) is 0 Å². The highest BCUT2D eigenvalue weighted by atomic mass is 32.3. The number of hydrogen-bond acceptors (Lipinski definition) is 0. The molecule has 2 heteroatoms. The van der Waals surface area contributed by atoms with Crippen LogP contribution in [0.1, 0.15) is 134 Å². The molecule has 0 nitrogen and oxygen atoms in total. The molecule has 0 aromatic carbocycles. The van der Waals surface area contributed by atoms with Gasteiger partial charge in [0.05, 0.1) is 0 Å². The van der Waals surface area contributed by atoms with Crippen LogP contribution < -0.4 is 0 Å². The van der Waals surface area contributed by atoms with Crippen molar-refractivity contribution in [1.29, 1.82) is 0 Å². The van der Waals surface area contributed by atoms with Gasteiger partial charge in [0.1, 0.15) is 0 Å². The molecule has 2 atom stereocenters. The standard InChI is InChI=1S/C33H64S2/c1-15-20-26-27(22-24(6)7)28(23-32(10,11)18-4)29(17-3)33(19-5,30(26)21-16-2)31(34)35(12,13,14)25(8)9/h24-25,30,34H,15-23H2,1-14H3. The van der Waals surface area contributed by atoms with Crippen LogP contribution in [-0.2, 0) is 0 Å². The molecule has 35 heavy (non-hydrogen) atoms. The fraction of sp³-hybridized carbons (Fsp3) is 0.848. The molecule has 1 aliphatic rings. The first-order chi connectivity index (χ1) is 16.0. The molecule has 0 N–H and O–H groups in total. The van der Waals surface area contributed by atoms with Gasteiger partial charge in [-0.25, -0.2) is 8.75 Å². The molecule has 0 fully saturated rings. The maximum absolute atomic E-state index is 5.70. The van der Waals surface area contributed by atoms with Crippen LogP contribution in [0.3, 0.4) is 0 Å². The van der Waals surface area contributed by atoms with Gasteiger partial charge < -0.3 is 0 Å². The van der Waals surface area contributed by atoms with E-state index in [1.54, 1.807) is 20.9 Å². The van der Waals surface area contributed by atoms with Crippen LogP contribution in [0.5, 0.6) is 0 Å². The summed E-state index contributed by atoms with van der Waals surface area (Å²) < 4.78 is 1.55. The molecular weight excluding hydrogens is 460 g/mol. The monoisotopic (exact) mass is 524 g/mol. The van der Waals surface area contributed by atoms with Gasteiger partial charge in [-0.1, -0.05) is 107 Å². The number of thiol groups is 1. The Labute approximate surface area is 227 Å². The Morgan fingerprint density at radius 1 is 0.943 bits per heavy atom. The maximum Gasteiger partial charge on any atom is 0.0326 e. The van der Waals surface area contributed by atoms with Crippen molar-refractivity contribution in [2.45, 2.75) is 139 Å². The Balaban J connectivity index is 4.42. The molecule has 0 aromatic heterocycles. The molecule has 2 unspecified atom stereocenters. The molecule has 0 saturated heterocycles. The molecule has 0 spiro atoms. The quantitative estimate of drug-likeness (QED) is 0.180. The van der Waals surface area contributed by atoms with E-state index in [-0.39, 0.29) is 5.41 Å². The zero-order valence-electron chi connectivity index (χ0n) is 26.5. The summed E-state index contributed by atoms with van der Waals surface area (Å²) in [4.78, 5) is 0. The fourth-order valence-corrected chi connectivity index (χ4v) is 9.68. The van der Waals surface area contributed by atoms with Gasteiger partial charge in [0.25, 0.3) is 0 Å². The van der Waals surface area contributed by atoms with Crippen molar-refractivity contribution in [1.82, 2.24) is 0 Å². The van der Waals surface area contributed by atoms with E-state index in [9.17, 15) is 0 Å². The molecule has 0 saturated carbocycles. The predicted molar refractivity (Wildman–Crippen MR) is 173 cm³/mol. The normalized spacial score (nSPS) is 23.3. The van der Waals surface area contributed by atoms with Crippen LogP contribution in [0.4, 0.5) is 0 Å². The summed E-state index contributed by atoms with van der Waals surface area (Å²) in [7, 11) is -1.87. The fourth-order valence-electron chi connectivity index (χ4n) is 6.44. The van der Waals surface area contributed by atoms with Crippen LogP contribution >= 0.6 is 21.4 Å². The van der Waals surface area contributed by atoms with Gasteiger partial charge in [-0.2, -0.15) is 0 Å². The lowest BCUT2D eigenvalue weighted by Crippen LogP contribution is -2.46. The zero-order valence-corrected chi connectivity index (χ0v) is 28.2. The summed E-state index contributed by atoms with van der Waals surface area (Å²) in [6, 6.07) is 0. The van der Waals surface area contributed by atoms with Gasteiger partial charge >= 0.3 is 0 Å².